The average molecular weight is 343 g/mol. The molecule has 0 radical (unpaired) electrons. The van der Waals surface area contributed by atoms with Crippen molar-refractivity contribution in [1.29, 1.82) is 0 Å². The van der Waals surface area contributed by atoms with E-state index in [1.165, 1.54) is 6.42 Å². The minimum atomic E-state index is -0.328. The van der Waals surface area contributed by atoms with Gasteiger partial charge in [0.15, 0.2) is 0 Å². The molecule has 4 rings (SSSR count). The van der Waals surface area contributed by atoms with E-state index in [9.17, 15) is 9.59 Å². The Kier molecular flexibility index (Phi) is 4.13. The molecule has 1 atom stereocenters. The standard InChI is InChI=1S/C19H25N3O3/c1-14(23)21-11-5-6-16(21)15-7-10-20-17(12-15)22-13-19(25-18(22)24)8-3-2-4-9-19/h7,10,12,16H,2-6,8-9,11,13H2,1H3/t16-/m1/s1. The molecule has 0 aromatic carbocycles. The zero-order chi connectivity index (χ0) is 17.4. The van der Waals surface area contributed by atoms with Crippen LogP contribution in [0.3, 0.4) is 0 Å². The third-order valence-corrected chi connectivity index (χ3v) is 5.82. The Morgan fingerprint density at radius 3 is 2.84 bits per heavy atom. The van der Waals surface area contributed by atoms with E-state index in [-0.39, 0.29) is 23.6 Å². The molecular formula is C19H25N3O3. The topological polar surface area (TPSA) is 62.7 Å². The van der Waals surface area contributed by atoms with E-state index in [4.69, 9.17) is 4.74 Å². The van der Waals surface area contributed by atoms with Crippen LogP contribution in [0, 0.1) is 0 Å². The van der Waals surface area contributed by atoms with Gasteiger partial charge >= 0.3 is 6.09 Å². The second kappa shape index (κ2) is 6.32. The molecule has 134 valence electrons. The van der Waals surface area contributed by atoms with Crippen molar-refractivity contribution < 1.29 is 14.3 Å². The molecule has 0 N–H and O–H groups in total. The van der Waals surface area contributed by atoms with Gasteiger partial charge < -0.3 is 9.64 Å². The predicted octanol–water partition coefficient (Wildman–Crippen LogP) is 3.42. The first-order valence-electron chi connectivity index (χ1n) is 9.32. The maximum absolute atomic E-state index is 12.5. The summed E-state index contributed by atoms with van der Waals surface area (Å²) in [5.74, 6) is 0.739. The molecule has 1 aliphatic carbocycles. The first-order valence-corrected chi connectivity index (χ1v) is 9.32. The molecule has 2 aliphatic heterocycles. The molecule has 0 unspecified atom stereocenters. The Bertz CT molecular complexity index is 684. The van der Waals surface area contributed by atoms with E-state index in [0.717, 1.165) is 50.6 Å². The summed E-state index contributed by atoms with van der Waals surface area (Å²) in [7, 11) is 0. The Hall–Kier alpha value is -2.11. The fourth-order valence-corrected chi connectivity index (χ4v) is 4.54. The molecule has 3 heterocycles. The van der Waals surface area contributed by atoms with Gasteiger partial charge in [0.05, 0.1) is 12.6 Å². The maximum Gasteiger partial charge on any atom is 0.416 e. The van der Waals surface area contributed by atoms with Crippen LogP contribution in [-0.4, -0.2) is 40.6 Å². The molecule has 3 aliphatic rings. The van der Waals surface area contributed by atoms with Gasteiger partial charge in [0, 0.05) is 19.7 Å². The van der Waals surface area contributed by atoms with Crippen LogP contribution in [0.2, 0.25) is 0 Å². The van der Waals surface area contributed by atoms with Crippen molar-refractivity contribution in [2.75, 3.05) is 18.0 Å². The second-order valence-electron chi connectivity index (χ2n) is 7.52. The van der Waals surface area contributed by atoms with Crippen molar-refractivity contribution in [1.82, 2.24) is 9.88 Å². The molecule has 1 spiro atoms. The number of amides is 2. The molecular weight excluding hydrogens is 318 g/mol. The van der Waals surface area contributed by atoms with E-state index >= 15 is 0 Å². The number of hydrogen-bond donors (Lipinski definition) is 0. The van der Waals surface area contributed by atoms with Crippen LogP contribution in [0.15, 0.2) is 18.3 Å². The lowest BCUT2D eigenvalue weighted by Gasteiger charge is -2.30. The number of ether oxygens (including phenoxy) is 1. The number of anilines is 1. The van der Waals surface area contributed by atoms with Crippen molar-refractivity contribution in [3.63, 3.8) is 0 Å². The molecule has 1 aromatic rings. The average Bonchev–Trinajstić information content (AvgIpc) is 3.21. The van der Waals surface area contributed by atoms with Crippen LogP contribution in [0.4, 0.5) is 10.6 Å². The van der Waals surface area contributed by atoms with Gasteiger partial charge in [-0.25, -0.2) is 9.78 Å². The minimum Gasteiger partial charge on any atom is -0.441 e. The van der Waals surface area contributed by atoms with Crippen molar-refractivity contribution in [2.45, 2.75) is 63.5 Å². The summed E-state index contributed by atoms with van der Waals surface area (Å²) in [5.41, 5.74) is 0.723. The summed E-state index contributed by atoms with van der Waals surface area (Å²) >= 11 is 0. The Balaban J connectivity index is 1.57. The third kappa shape index (κ3) is 2.98. The van der Waals surface area contributed by atoms with Crippen LogP contribution in [0.25, 0.3) is 0 Å². The monoisotopic (exact) mass is 343 g/mol. The highest BCUT2D eigenvalue weighted by atomic mass is 16.6. The number of carbonyl (C=O) groups is 2. The first kappa shape index (κ1) is 16.4. The highest BCUT2D eigenvalue weighted by Gasteiger charge is 2.46. The van der Waals surface area contributed by atoms with Gasteiger partial charge in [-0.2, -0.15) is 0 Å². The highest BCUT2D eigenvalue weighted by molar-refractivity contribution is 5.89. The number of carbonyl (C=O) groups excluding carboxylic acids is 2. The lowest BCUT2D eigenvalue weighted by atomic mass is 9.85. The number of rotatable bonds is 2. The molecule has 1 saturated carbocycles. The summed E-state index contributed by atoms with van der Waals surface area (Å²) in [6, 6.07) is 3.99. The van der Waals surface area contributed by atoms with E-state index in [2.05, 4.69) is 4.98 Å². The van der Waals surface area contributed by atoms with Crippen molar-refractivity contribution >= 4 is 17.8 Å². The van der Waals surface area contributed by atoms with Gasteiger partial charge in [-0.05, 0) is 56.2 Å². The predicted molar refractivity (Wildman–Crippen MR) is 93.2 cm³/mol. The van der Waals surface area contributed by atoms with Crippen LogP contribution in [0.5, 0.6) is 0 Å². The van der Waals surface area contributed by atoms with Gasteiger partial charge in [0.1, 0.15) is 11.4 Å². The molecule has 1 aromatic heterocycles. The zero-order valence-corrected chi connectivity index (χ0v) is 14.7. The van der Waals surface area contributed by atoms with Crippen LogP contribution < -0.4 is 4.90 Å². The van der Waals surface area contributed by atoms with Crippen molar-refractivity contribution in [3.8, 4) is 0 Å². The smallest absolute Gasteiger partial charge is 0.416 e. The van der Waals surface area contributed by atoms with Crippen molar-refractivity contribution in [2.24, 2.45) is 0 Å². The second-order valence-corrected chi connectivity index (χ2v) is 7.52. The number of pyridine rings is 1. The maximum atomic E-state index is 12.5. The quantitative estimate of drug-likeness (QED) is 0.825. The number of likely N-dealkylation sites (tertiary alicyclic amines) is 1. The summed E-state index contributed by atoms with van der Waals surface area (Å²) in [6.07, 6.45) is 8.74. The molecule has 2 amide bonds. The van der Waals surface area contributed by atoms with E-state index < -0.39 is 0 Å². The van der Waals surface area contributed by atoms with Crippen LogP contribution >= 0.6 is 0 Å². The number of hydrogen-bond acceptors (Lipinski definition) is 4. The van der Waals surface area contributed by atoms with E-state index in [0.29, 0.717) is 12.4 Å². The summed E-state index contributed by atoms with van der Waals surface area (Å²) in [6.45, 7) is 3.00. The lowest BCUT2D eigenvalue weighted by molar-refractivity contribution is -0.129. The molecule has 3 fully saturated rings. The van der Waals surface area contributed by atoms with Gasteiger partial charge in [0.25, 0.3) is 0 Å². The lowest BCUT2D eigenvalue weighted by Crippen LogP contribution is -2.36. The summed E-state index contributed by atoms with van der Waals surface area (Å²) in [4.78, 5) is 32.3. The zero-order valence-electron chi connectivity index (χ0n) is 14.7. The van der Waals surface area contributed by atoms with Gasteiger partial charge in [-0.15, -0.1) is 0 Å². The van der Waals surface area contributed by atoms with Crippen molar-refractivity contribution in [3.05, 3.63) is 23.9 Å². The Morgan fingerprint density at radius 2 is 2.08 bits per heavy atom. The first-order chi connectivity index (χ1) is 12.1. The van der Waals surface area contributed by atoms with E-state index in [1.54, 1.807) is 18.0 Å². The largest absolute Gasteiger partial charge is 0.441 e. The Morgan fingerprint density at radius 1 is 1.28 bits per heavy atom. The molecule has 6 nitrogen and oxygen atoms in total. The summed E-state index contributed by atoms with van der Waals surface area (Å²) < 4.78 is 5.76. The summed E-state index contributed by atoms with van der Waals surface area (Å²) in [5, 5.41) is 0. The number of aromatic nitrogens is 1. The van der Waals surface area contributed by atoms with Gasteiger partial charge in [0.2, 0.25) is 5.91 Å². The molecule has 6 heteroatoms. The van der Waals surface area contributed by atoms with E-state index in [1.807, 2.05) is 17.0 Å². The minimum absolute atomic E-state index is 0.0847. The fourth-order valence-electron chi connectivity index (χ4n) is 4.54. The van der Waals surface area contributed by atoms with Crippen LogP contribution in [0.1, 0.15) is 63.5 Å². The van der Waals surface area contributed by atoms with Gasteiger partial charge in [-0.1, -0.05) is 6.42 Å². The fraction of sp³-hybridized carbons (Fsp3) is 0.632. The highest BCUT2D eigenvalue weighted by Crippen LogP contribution is 2.39. The van der Waals surface area contributed by atoms with Gasteiger partial charge in [-0.3, -0.25) is 9.69 Å². The SMILES string of the molecule is CC(=O)N1CCC[C@@H]1c1ccnc(N2CC3(CCCCC3)OC2=O)c1. The normalized spacial score (nSPS) is 25.5. The number of nitrogens with zero attached hydrogens (tertiary/aromatic N) is 3. The molecule has 2 saturated heterocycles. The molecule has 25 heavy (non-hydrogen) atoms. The van der Waals surface area contributed by atoms with Crippen LogP contribution in [-0.2, 0) is 9.53 Å². The third-order valence-electron chi connectivity index (χ3n) is 5.82. The Labute approximate surface area is 148 Å². The molecule has 0 bridgehead atoms.